The minimum atomic E-state index is -4.10. The van der Waals surface area contributed by atoms with Crippen molar-refractivity contribution in [3.8, 4) is 0 Å². The van der Waals surface area contributed by atoms with E-state index in [1.165, 1.54) is 11.9 Å². The molecule has 0 rings (SSSR count). The van der Waals surface area contributed by atoms with Crippen molar-refractivity contribution in [3.63, 3.8) is 0 Å². The third-order valence-corrected chi connectivity index (χ3v) is 1.60. The van der Waals surface area contributed by atoms with Crippen molar-refractivity contribution in [2.24, 2.45) is 0 Å². The molecule has 0 aromatic rings. The number of nitrogens with zero attached hydrogens (tertiary/aromatic N) is 1. The maximum absolute atomic E-state index is 11.9. The first-order valence-corrected chi connectivity index (χ1v) is 4.60. The molecule has 0 aliphatic heterocycles. The summed E-state index contributed by atoms with van der Waals surface area (Å²) in [5, 5.41) is 3.13. The number of hydrogen-bond donors (Lipinski definition) is 1. The zero-order valence-electron chi connectivity index (χ0n) is 9.20. The van der Waals surface area contributed by atoms with Crippen LogP contribution in [-0.4, -0.2) is 43.3 Å². The Morgan fingerprint density at radius 2 is 1.64 bits per heavy atom. The summed E-state index contributed by atoms with van der Waals surface area (Å²) in [7, 11) is 1.47. The Labute approximate surface area is 83.5 Å². The van der Waals surface area contributed by atoms with E-state index in [0.717, 1.165) is 0 Å². The number of nitrogens with one attached hydrogen (secondary N) is 1. The van der Waals surface area contributed by atoms with Crippen LogP contribution in [0.2, 0.25) is 0 Å². The Bertz CT molecular complexity index is 160. The van der Waals surface area contributed by atoms with Gasteiger partial charge >= 0.3 is 6.18 Å². The molecule has 0 saturated heterocycles. The SMILES string of the molecule is CN(CCNC(C)(C)C)CC(F)(F)F. The van der Waals surface area contributed by atoms with Crippen LogP contribution in [0.4, 0.5) is 13.2 Å². The lowest BCUT2D eigenvalue weighted by atomic mass is 10.1. The van der Waals surface area contributed by atoms with Crippen LogP contribution in [0.3, 0.4) is 0 Å². The predicted molar refractivity (Wildman–Crippen MR) is 51.3 cm³/mol. The van der Waals surface area contributed by atoms with Crippen molar-refractivity contribution in [1.82, 2.24) is 10.2 Å². The van der Waals surface area contributed by atoms with Crippen LogP contribution in [0.15, 0.2) is 0 Å². The summed E-state index contributed by atoms with van der Waals surface area (Å²) in [6.45, 7) is 6.07. The topological polar surface area (TPSA) is 15.3 Å². The molecule has 0 aromatic carbocycles. The van der Waals surface area contributed by atoms with E-state index < -0.39 is 12.7 Å². The average Bonchev–Trinajstić information content (AvgIpc) is 1.78. The van der Waals surface area contributed by atoms with Gasteiger partial charge in [-0.25, -0.2) is 0 Å². The molecular weight excluding hydrogens is 193 g/mol. The quantitative estimate of drug-likeness (QED) is 0.765. The minimum absolute atomic E-state index is 0.0426. The van der Waals surface area contributed by atoms with E-state index in [-0.39, 0.29) is 5.54 Å². The van der Waals surface area contributed by atoms with Crippen LogP contribution in [0.25, 0.3) is 0 Å². The molecule has 0 saturated carbocycles. The van der Waals surface area contributed by atoms with Gasteiger partial charge in [0.25, 0.3) is 0 Å². The fourth-order valence-electron chi connectivity index (χ4n) is 1.01. The van der Waals surface area contributed by atoms with Crippen molar-refractivity contribution in [2.45, 2.75) is 32.5 Å². The van der Waals surface area contributed by atoms with Crippen LogP contribution in [0, 0.1) is 0 Å². The van der Waals surface area contributed by atoms with Gasteiger partial charge in [-0.2, -0.15) is 13.2 Å². The van der Waals surface area contributed by atoms with Crippen LogP contribution < -0.4 is 5.32 Å². The summed E-state index contributed by atoms with van der Waals surface area (Å²) in [5.41, 5.74) is -0.0426. The Morgan fingerprint density at radius 1 is 1.14 bits per heavy atom. The van der Waals surface area contributed by atoms with E-state index >= 15 is 0 Å². The number of alkyl halides is 3. The van der Waals surface area contributed by atoms with Crippen molar-refractivity contribution >= 4 is 0 Å². The van der Waals surface area contributed by atoms with Gasteiger partial charge in [0.15, 0.2) is 0 Å². The molecule has 0 unspecified atom stereocenters. The molecule has 0 amide bonds. The molecule has 0 bridgehead atoms. The monoisotopic (exact) mass is 212 g/mol. The Hall–Kier alpha value is -0.290. The van der Waals surface area contributed by atoms with Crippen LogP contribution in [0.1, 0.15) is 20.8 Å². The van der Waals surface area contributed by atoms with Gasteiger partial charge in [0.1, 0.15) is 0 Å². The molecule has 0 aliphatic carbocycles. The molecule has 5 heteroatoms. The molecule has 0 atom stereocenters. The zero-order chi connectivity index (χ0) is 11.4. The first kappa shape index (κ1) is 13.7. The first-order valence-electron chi connectivity index (χ1n) is 4.60. The van der Waals surface area contributed by atoms with Crippen molar-refractivity contribution in [3.05, 3.63) is 0 Å². The van der Waals surface area contributed by atoms with E-state index in [1.807, 2.05) is 20.8 Å². The van der Waals surface area contributed by atoms with Gasteiger partial charge in [-0.05, 0) is 27.8 Å². The van der Waals surface area contributed by atoms with Crippen LogP contribution in [0.5, 0.6) is 0 Å². The second kappa shape index (κ2) is 4.98. The summed E-state index contributed by atoms with van der Waals surface area (Å²) >= 11 is 0. The van der Waals surface area contributed by atoms with E-state index in [2.05, 4.69) is 5.32 Å². The van der Waals surface area contributed by atoms with E-state index in [0.29, 0.717) is 13.1 Å². The van der Waals surface area contributed by atoms with E-state index in [4.69, 9.17) is 0 Å². The van der Waals surface area contributed by atoms with Gasteiger partial charge in [0.05, 0.1) is 6.54 Å². The maximum Gasteiger partial charge on any atom is 0.401 e. The number of likely N-dealkylation sites (N-methyl/N-ethyl adjacent to an activating group) is 1. The summed E-state index contributed by atoms with van der Waals surface area (Å²) in [4.78, 5) is 1.26. The summed E-state index contributed by atoms with van der Waals surface area (Å²) in [6.07, 6.45) is -4.10. The number of hydrogen-bond acceptors (Lipinski definition) is 2. The third kappa shape index (κ3) is 9.80. The van der Waals surface area contributed by atoms with Crippen LogP contribution in [-0.2, 0) is 0 Å². The molecule has 86 valence electrons. The van der Waals surface area contributed by atoms with Gasteiger partial charge in [-0.3, -0.25) is 4.90 Å². The van der Waals surface area contributed by atoms with Crippen molar-refractivity contribution < 1.29 is 13.2 Å². The molecule has 1 N–H and O–H groups in total. The highest BCUT2D eigenvalue weighted by atomic mass is 19.4. The molecule has 0 fully saturated rings. The Kier molecular flexibility index (Phi) is 4.88. The smallest absolute Gasteiger partial charge is 0.311 e. The predicted octanol–water partition coefficient (Wildman–Crippen LogP) is 1.87. The molecule has 0 spiro atoms. The van der Waals surface area contributed by atoms with Gasteiger partial charge < -0.3 is 5.32 Å². The second-order valence-electron chi connectivity index (χ2n) is 4.53. The Morgan fingerprint density at radius 3 is 2.00 bits per heavy atom. The fraction of sp³-hybridized carbons (Fsp3) is 1.00. The maximum atomic E-state index is 11.9. The lowest BCUT2D eigenvalue weighted by Crippen LogP contribution is -2.42. The van der Waals surface area contributed by atoms with Crippen molar-refractivity contribution in [2.75, 3.05) is 26.7 Å². The van der Waals surface area contributed by atoms with Gasteiger partial charge in [-0.1, -0.05) is 0 Å². The van der Waals surface area contributed by atoms with Gasteiger partial charge in [0, 0.05) is 18.6 Å². The molecule has 0 aromatic heterocycles. The summed E-state index contributed by atoms with van der Waals surface area (Å²) in [6, 6.07) is 0. The van der Waals surface area contributed by atoms with Crippen molar-refractivity contribution in [1.29, 1.82) is 0 Å². The lowest BCUT2D eigenvalue weighted by molar-refractivity contribution is -0.142. The molecule has 2 nitrogen and oxygen atoms in total. The fourth-order valence-corrected chi connectivity index (χ4v) is 1.01. The van der Waals surface area contributed by atoms with E-state index in [9.17, 15) is 13.2 Å². The van der Waals surface area contributed by atoms with Crippen LogP contribution >= 0.6 is 0 Å². The van der Waals surface area contributed by atoms with Gasteiger partial charge in [0.2, 0.25) is 0 Å². The normalized spacial score (nSPS) is 13.7. The van der Waals surface area contributed by atoms with E-state index in [1.54, 1.807) is 0 Å². The molecular formula is C9H19F3N2. The first-order chi connectivity index (χ1) is 6.10. The largest absolute Gasteiger partial charge is 0.401 e. The summed E-state index contributed by atoms with van der Waals surface area (Å²) in [5.74, 6) is 0. The zero-order valence-corrected chi connectivity index (χ0v) is 9.20. The molecule has 14 heavy (non-hydrogen) atoms. The average molecular weight is 212 g/mol. The highest BCUT2D eigenvalue weighted by Crippen LogP contribution is 2.15. The third-order valence-electron chi connectivity index (χ3n) is 1.60. The minimum Gasteiger partial charge on any atom is -0.311 e. The number of rotatable bonds is 4. The summed E-state index contributed by atoms with van der Waals surface area (Å²) < 4.78 is 35.7. The second-order valence-corrected chi connectivity index (χ2v) is 4.53. The number of halogens is 3. The highest BCUT2D eigenvalue weighted by Gasteiger charge is 2.28. The molecule has 0 aliphatic rings. The Balaban J connectivity index is 3.60. The van der Waals surface area contributed by atoms with Gasteiger partial charge in [-0.15, -0.1) is 0 Å². The molecule has 0 radical (unpaired) electrons. The highest BCUT2D eigenvalue weighted by molar-refractivity contribution is 4.71. The molecule has 0 heterocycles. The lowest BCUT2D eigenvalue weighted by Gasteiger charge is -2.24. The standard InChI is InChI=1S/C9H19F3N2/c1-8(2,3)13-5-6-14(4)7-9(10,11)12/h13H,5-7H2,1-4H3.